The van der Waals surface area contributed by atoms with E-state index in [0.29, 0.717) is 6.61 Å². The topological polar surface area (TPSA) is 120 Å². The maximum atomic E-state index is 10.8. The molecule has 33 heavy (non-hydrogen) atoms. The number of pyridine rings is 1. The third kappa shape index (κ3) is 7.12. The summed E-state index contributed by atoms with van der Waals surface area (Å²) in [5, 5.41) is 39.5. The normalized spacial score (nSPS) is 12.3. The van der Waals surface area contributed by atoms with Crippen molar-refractivity contribution in [3.8, 4) is 16.9 Å². The molecule has 0 saturated heterocycles. The number of benzene rings is 1. The largest absolute Gasteiger partial charge is 0.508 e. The molecule has 7 heteroatoms. The summed E-state index contributed by atoms with van der Waals surface area (Å²) in [5.74, 6) is -2.81. The molecule has 0 unspecified atom stereocenters. The molecule has 0 saturated carbocycles. The van der Waals surface area contributed by atoms with Gasteiger partial charge in [-0.15, -0.1) is 0 Å². The maximum Gasteiger partial charge on any atom is 0.303 e. The van der Waals surface area contributed by atoms with Gasteiger partial charge in [0.05, 0.1) is 12.3 Å². The molecule has 0 atom stereocenters. The highest BCUT2D eigenvalue weighted by atomic mass is 16.5. The Morgan fingerprint density at radius 1 is 1.09 bits per heavy atom. The predicted molar refractivity (Wildman–Crippen MR) is 128 cm³/mol. The van der Waals surface area contributed by atoms with Crippen molar-refractivity contribution in [2.75, 3.05) is 7.11 Å². The smallest absolute Gasteiger partial charge is 0.303 e. The second-order valence-corrected chi connectivity index (χ2v) is 8.90. The van der Waals surface area contributed by atoms with E-state index >= 15 is 0 Å². The van der Waals surface area contributed by atoms with Gasteiger partial charge >= 0.3 is 5.97 Å². The SMILES string of the molecule is COCc1c(C(C)C)nc(C(C)C)c(/C=C/C(O)(O)CCCC(=O)O)c1-c1ccc(O)cc1. The molecule has 0 fully saturated rings. The van der Waals surface area contributed by atoms with Crippen LogP contribution in [0.15, 0.2) is 30.3 Å². The van der Waals surface area contributed by atoms with Crippen LogP contribution in [0.5, 0.6) is 5.75 Å². The highest BCUT2D eigenvalue weighted by molar-refractivity contribution is 5.80. The van der Waals surface area contributed by atoms with E-state index in [4.69, 9.17) is 14.8 Å². The summed E-state index contributed by atoms with van der Waals surface area (Å²) >= 11 is 0. The number of hydrogen-bond acceptors (Lipinski definition) is 6. The summed E-state index contributed by atoms with van der Waals surface area (Å²) < 4.78 is 5.51. The van der Waals surface area contributed by atoms with Crippen LogP contribution in [0.1, 0.15) is 81.3 Å². The molecule has 1 heterocycles. The van der Waals surface area contributed by atoms with Gasteiger partial charge in [0.25, 0.3) is 0 Å². The van der Waals surface area contributed by atoms with Gasteiger partial charge in [-0.1, -0.05) is 45.9 Å². The molecule has 4 N–H and O–H groups in total. The fourth-order valence-electron chi connectivity index (χ4n) is 3.81. The summed E-state index contributed by atoms with van der Waals surface area (Å²) in [6.07, 6.45) is 2.81. The minimum Gasteiger partial charge on any atom is -0.508 e. The number of phenolic OH excluding ortho intramolecular Hbond substituents is 1. The van der Waals surface area contributed by atoms with E-state index in [-0.39, 0.29) is 36.8 Å². The molecule has 0 radical (unpaired) electrons. The Kier molecular flexibility index (Phi) is 9.16. The zero-order valence-electron chi connectivity index (χ0n) is 20.0. The average molecular weight is 458 g/mol. The van der Waals surface area contributed by atoms with Crippen molar-refractivity contribution in [3.63, 3.8) is 0 Å². The number of rotatable bonds is 11. The number of carbonyl (C=O) groups is 1. The van der Waals surface area contributed by atoms with Crippen LogP contribution < -0.4 is 0 Å². The van der Waals surface area contributed by atoms with Crippen LogP contribution in [0.2, 0.25) is 0 Å². The number of aromatic nitrogens is 1. The number of nitrogens with zero attached hydrogens (tertiary/aromatic N) is 1. The van der Waals surface area contributed by atoms with Crippen molar-refractivity contribution in [3.05, 3.63) is 52.9 Å². The Labute approximate surface area is 195 Å². The summed E-state index contributed by atoms with van der Waals surface area (Å²) in [7, 11) is 1.62. The first kappa shape index (κ1) is 26.5. The number of carboxylic acid groups (broad SMARTS) is 1. The standard InChI is InChI=1S/C26H35NO6/c1-16(2)24-20(12-14-26(31,32)13-6-7-22(29)30)23(18-8-10-19(28)11-9-18)21(15-33-5)25(27-24)17(3)4/h8-12,14,16-17,28,31-32H,6-7,13,15H2,1-5H3,(H,29,30)/b14-12+. The summed E-state index contributed by atoms with van der Waals surface area (Å²) in [4.78, 5) is 15.7. The minimum absolute atomic E-state index is 0.0495. The van der Waals surface area contributed by atoms with Gasteiger partial charge in [-0.2, -0.15) is 0 Å². The Hall–Kier alpha value is -2.74. The molecule has 180 valence electrons. The molecule has 2 rings (SSSR count). The summed E-state index contributed by atoms with van der Waals surface area (Å²) in [6, 6.07) is 6.84. The highest BCUT2D eigenvalue weighted by Gasteiger charge is 2.24. The fourth-order valence-corrected chi connectivity index (χ4v) is 3.81. The predicted octanol–water partition coefficient (Wildman–Crippen LogP) is 4.80. The monoisotopic (exact) mass is 457 g/mol. The Morgan fingerprint density at radius 2 is 1.70 bits per heavy atom. The van der Waals surface area contributed by atoms with Gasteiger partial charge in [-0.3, -0.25) is 9.78 Å². The average Bonchev–Trinajstić information content (AvgIpc) is 2.72. The van der Waals surface area contributed by atoms with Crippen LogP contribution in [0.4, 0.5) is 0 Å². The number of ether oxygens (including phenoxy) is 1. The molecule has 1 aromatic heterocycles. The molecular weight excluding hydrogens is 422 g/mol. The summed E-state index contributed by atoms with van der Waals surface area (Å²) in [5.41, 5.74) is 5.04. The molecule has 0 aliphatic heterocycles. The van der Waals surface area contributed by atoms with Crippen molar-refractivity contribution in [2.24, 2.45) is 0 Å². The molecular formula is C26H35NO6. The van der Waals surface area contributed by atoms with Crippen LogP contribution in [0.3, 0.4) is 0 Å². The number of hydrogen-bond donors (Lipinski definition) is 4. The molecule has 2 aromatic rings. The van der Waals surface area contributed by atoms with Gasteiger partial charge in [-0.05, 0) is 47.6 Å². The minimum atomic E-state index is -2.16. The van der Waals surface area contributed by atoms with Crippen LogP contribution >= 0.6 is 0 Å². The molecule has 0 spiro atoms. The zero-order valence-corrected chi connectivity index (χ0v) is 20.0. The molecule has 0 aliphatic carbocycles. The molecule has 7 nitrogen and oxygen atoms in total. The lowest BCUT2D eigenvalue weighted by molar-refractivity contribution is -0.139. The first-order chi connectivity index (χ1) is 15.5. The number of carboxylic acids is 1. The maximum absolute atomic E-state index is 10.8. The zero-order chi connectivity index (χ0) is 24.8. The van der Waals surface area contributed by atoms with Crippen molar-refractivity contribution in [1.82, 2.24) is 4.98 Å². The van der Waals surface area contributed by atoms with Gasteiger partial charge in [0, 0.05) is 36.8 Å². The van der Waals surface area contributed by atoms with E-state index < -0.39 is 11.8 Å². The van der Waals surface area contributed by atoms with E-state index in [1.54, 1.807) is 25.3 Å². The second kappa shape index (κ2) is 11.4. The Morgan fingerprint density at radius 3 is 2.21 bits per heavy atom. The number of methoxy groups -OCH3 is 1. The number of aromatic hydroxyl groups is 1. The highest BCUT2D eigenvalue weighted by Crippen LogP contribution is 2.38. The molecule has 1 aromatic carbocycles. The molecule has 0 aliphatic rings. The lowest BCUT2D eigenvalue weighted by atomic mass is 9.87. The molecule has 0 amide bonds. The van der Waals surface area contributed by atoms with E-state index in [0.717, 1.165) is 33.6 Å². The van der Waals surface area contributed by atoms with Crippen molar-refractivity contribution < 1.29 is 30.0 Å². The summed E-state index contributed by atoms with van der Waals surface area (Å²) in [6.45, 7) is 8.50. The van der Waals surface area contributed by atoms with Gasteiger partial charge in [-0.25, -0.2) is 0 Å². The molecule has 0 bridgehead atoms. The number of phenols is 1. The van der Waals surface area contributed by atoms with Gasteiger partial charge in [0.2, 0.25) is 0 Å². The van der Waals surface area contributed by atoms with Crippen LogP contribution in [-0.4, -0.2) is 44.3 Å². The Balaban J connectivity index is 2.74. The first-order valence-electron chi connectivity index (χ1n) is 11.2. The number of aliphatic hydroxyl groups is 2. The first-order valence-corrected chi connectivity index (χ1v) is 11.2. The Bertz CT molecular complexity index is 977. The van der Waals surface area contributed by atoms with Crippen LogP contribution in [-0.2, 0) is 16.1 Å². The quantitative estimate of drug-likeness (QED) is 0.358. The van der Waals surface area contributed by atoms with Crippen molar-refractivity contribution in [2.45, 2.75) is 71.2 Å². The third-order valence-corrected chi connectivity index (χ3v) is 5.39. The lowest BCUT2D eigenvalue weighted by Gasteiger charge is -2.24. The van der Waals surface area contributed by atoms with Crippen LogP contribution in [0, 0.1) is 0 Å². The third-order valence-electron chi connectivity index (χ3n) is 5.39. The van der Waals surface area contributed by atoms with E-state index in [1.807, 2.05) is 26.0 Å². The van der Waals surface area contributed by atoms with Gasteiger partial charge in [0.15, 0.2) is 5.79 Å². The fraction of sp³-hybridized carbons (Fsp3) is 0.462. The van der Waals surface area contributed by atoms with E-state index in [2.05, 4.69) is 13.8 Å². The second-order valence-electron chi connectivity index (χ2n) is 8.90. The van der Waals surface area contributed by atoms with Crippen molar-refractivity contribution in [1.29, 1.82) is 0 Å². The lowest BCUT2D eigenvalue weighted by Crippen LogP contribution is -2.25. The van der Waals surface area contributed by atoms with Gasteiger partial charge < -0.3 is 25.2 Å². The van der Waals surface area contributed by atoms with Crippen LogP contribution in [0.25, 0.3) is 17.2 Å². The van der Waals surface area contributed by atoms with Gasteiger partial charge in [0.1, 0.15) is 5.75 Å². The van der Waals surface area contributed by atoms with E-state index in [1.165, 1.54) is 6.08 Å². The van der Waals surface area contributed by atoms with Crippen molar-refractivity contribution >= 4 is 12.0 Å². The number of aliphatic carboxylic acids is 1. The van der Waals surface area contributed by atoms with E-state index in [9.17, 15) is 20.1 Å².